The Bertz CT molecular complexity index is 313. The second kappa shape index (κ2) is 6.35. The van der Waals surface area contributed by atoms with Crippen LogP contribution < -0.4 is 9.64 Å². The van der Waals surface area contributed by atoms with Crippen LogP contribution in [-0.2, 0) is 9.47 Å². The van der Waals surface area contributed by atoms with Gasteiger partial charge in [-0.2, -0.15) is 0 Å². The zero-order chi connectivity index (χ0) is 12.0. The molecule has 0 heterocycles. The van der Waals surface area contributed by atoms with Gasteiger partial charge in [-0.15, -0.1) is 0 Å². The molecule has 0 radical (unpaired) electrons. The predicted molar refractivity (Wildman–Crippen MR) is 64.1 cm³/mol. The third-order valence-electron chi connectivity index (χ3n) is 2.45. The first kappa shape index (κ1) is 12.8. The van der Waals surface area contributed by atoms with Crippen LogP contribution in [0.15, 0.2) is 24.3 Å². The van der Waals surface area contributed by atoms with Crippen molar-refractivity contribution in [2.45, 2.75) is 6.29 Å². The second-order valence-corrected chi connectivity index (χ2v) is 3.45. The highest BCUT2D eigenvalue weighted by Crippen LogP contribution is 2.26. The van der Waals surface area contributed by atoms with Gasteiger partial charge < -0.3 is 19.1 Å². The quantitative estimate of drug-likeness (QED) is 0.690. The summed E-state index contributed by atoms with van der Waals surface area (Å²) in [7, 11) is 6.90. The lowest BCUT2D eigenvalue weighted by atomic mass is 10.2. The number of hydrogen-bond acceptors (Lipinski definition) is 4. The van der Waals surface area contributed by atoms with Crippen LogP contribution in [0.4, 0.5) is 5.69 Å². The van der Waals surface area contributed by atoms with Gasteiger partial charge in [0.1, 0.15) is 5.75 Å². The van der Waals surface area contributed by atoms with Crippen LogP contribution in [-0.4, -0.2) is 41.2 Å². The zero-order valence-corrected chi connectivity index (χ0v) is 10.3. The standard InChI is InChI=1S/C12H19NO3/c1-13(9-12(15-3)16-4)10-7-5-6-8-11(10)14-2/h5-8,12H,9H2,1-4H3. The van der Waals surface area contributed by atoms with Crippen molar-refractivity contribution in [1.29, 1.82) is 0 Å². The topological polar surface area (TPSA) is 30.9 Å². The molecule has 0 atom stereocenters. The van der Waals surface area contributed by atoms with E-state index >= 15 is 0 Å². The largest absolute Gasteiger partial charge is 0.495 e. The number of benzene rings is 1. The highest BCUT2D eigenvalue weighted by atomic mass is 16.7. The molecule has 0 bridgehead atoms. The molecule has 0 aromatic heterocycles. The van der Waals surface area contributed by atoms with Crippen molar-refractivity contribution >= 4 is 5.69 Å². The van der Waals surface area contributed by atoms with Gasteiger partial charge in [0.05, 0.1) is 19.3 Å². The number of rotatable bonds is 6. The number of hydrogen-bond donors (Lipinski definition) is 0. The molecule has 0 amide bonds. The van der Waals surface area contributed by atoms with E-state index in [2.05, 4.69) is 0 Å². The molecule has 0 aliphatic carbocycles. The maximum absolute atomic E-state index is 5.29. The SMILES string of the molecule is COc1ccccc1N(C)CC(OC)OC. The first-order chi connectivity index (χ1) is 7.72. The molecular formula is C12H19NO3. The number of para-hydroxylation sites is 2. The van der Waals surface area contributed by atoms with E-state index in [9.17, 15) is 0 Å². The van der Waals surface area contributed by atoms with E-state index < -0.39 is 0 Å². The van der Waals surface area contributed by atoms with Crippen molar-refractivity contribution in [3.63, 3.8) is 0 Å². The summed E-state index contributed by atoms with van der Waals surface area (Å²) in [5.74, 6) is 0.843. The molecule has 1 aromatic rings. The number of anilines is 1. The maximum atomic E-state index is 5.29. The summed E-state index contributed by atoms with van der Waals surface area (Å²) in [5.41, 5.74) is 1.02. The van der Waals surface area contributed by atoms with E-state index in [1.807, 2.05) is 36.2 Å². The van der Waals surface area contributed by atoms with Crippen LogP contribution in [0.1, 0.15) is 0 Å². The van der Waals surface area contributed by atoms with E-state index in [0.29, 0.717) is 6.54 Å². The Morgan fingerprint density at radius 3 is 2.31 bits per heavy atom. The summed E-state index contributed by atoms with van der Waals surface area (Å²) < 4.78 is 15.6. The second-order valence-electron chi connectivity index (χ2n) is 3.45. The Kier molecular flexibility index (Phi) is 5.08. The number of ether oxygens (including phenoxy) is 3. The molecule has 0 N–H and O–H groups in total. The molecule has 16 heavy (non-hydrogen) atoms. The molecule has 0 saturated carbocycles. The van der Waals surface area contributed by atoms with Crippen molar-refractivity contribution in [2.24, 2.45) is 0 Å². The Balaban J connectivity index is 2.75. The summed E-state index contributed by atoms with van der Waals surface area (Å²) in [4.78, 5) is 2.04. The van der Waals surface area contributed by atoms with Crippen LogP contribution in [0.5, 0.6) is 5.75 Å². The third kappa shape index (κ3) is 3.12. The minimum Gasteiger partial charge on any atom is -0.495 e. The lowest BCUT2D eigenvalue weighted by Gasteiger charge is -2.25. The predicted octanol–water partition coefficient (Wildman–Crippen LogP) is 1.75. The molecule has 0 aliphatic rings. The molecule has 0 saturated heterocycles. The molecule has 4 heteroatoms. The van der Waals surface area contributed by atoms with Crippen LogP contribution in [0.3, 0.4) is 0 Å². The van der Waals surface area contributed by atoms with Crippen LogP contribution in [0.25, 0.3) is 0 Å². The normalized spacial score (nSPS) is 10.6. The Labute approximate surface area is 96.7 Å². The van der Waals surface area contributed by atoms with E-state index in [-0.39, 0.29) is 6.29 Å². The Hall–Kier alpha value is -1.26. The summed E-state index contributed by atoms with van der Waals surface area (Å²) in [5, 5.41) is 0. The van der Waals surface area contributed by atoms with Gasteiger partial charge in [0.2, 0.25) is 0 Å². The fourth-order valence-corrected chi connectivity index (χ4v) is 1.51. The van der Waals surface area contributed by atoms with Crippen molar-refractivity contribution < 1.29 is 14.2 Å². The minimum absolute atomic E-state index is 0.241. The highest BCUT2D eigenvalue weighted by Gasteiger charge is 2.12. The van der Waals surface area contributed by atoms with Crippen LogP contribution in [0.2, 0.25) is 0 Å². The van der Waals surface area contributed by atoms with Crippen molar-refractivity contribution in [2.75, 3.05) is 39.8 Å². The molecule has 0 fully saturated rings. The fraction of sp³-hybridized carbons (Fsp3) is 0.500. The highest BCUT2D eigenvalue weighted by molar-refractivity contribution is 5.57. The van der Waals surface area contributed by atoms with Gasteiger partial charge in [-0.3, -0.25) is 0 Å². The van der Waals surface area contributed by atoms with Gasteiger partial charge in [-0.05, 0) is 12.1 Å². The fourth-order valence-electron chi connectivity index (χ4n) is 1.51. The smallest absolute Gasteiger partial charge is 0.174 e. The summed E-state index contributed by atoms with van der Waals surface area (Å²) in [6.45, 7) is 0.646. The molecule has 0 unspecified atom stereocenters. The number of likely N-dealkylation sites (N-methyl/N-ethyl adjacent to an activating group) is 1. The van der Waals surface area contributed by atoms with Gasteiger partial charge >= 0.3 is 0 Å². The van der Waals surface area contributed by atoms with Crippen molar-refractivity contribution in [1.82, 2.24) is 0 Å². The van der Waals surface area contributed by atoms with E-state index in [1.54, 1.807) is 21.3 Å². The lowest BCUT2D eigenvalue weighted by molar-refractivity contribution is -0.0944. The molecule has 1 aromatic carbocycles. The Morgan fingerprint density at radius 2 is 1.75 bits per heavy atom. The zero-order valence-electron chi connectivity index (χ0n) is 10.3. The first-order valence-electron chi connectivity index (χ1n) is 5.12. The molecular weight excluding hydrogens is 206 g/mol. The van der Waals surface area contributed by atoms with Crippen molar-refractivity contribution in [3.05, 3.63) is 24.3 Å². The van der Waals surface area contributed by atoms with Crippen LogP contribution in [0, 0.1) is 0 Å². The minimum atomic E-state index is -0.241. The van der Waals surface area contributed by atoms with E-state index in [4.69, 9.17) is 14.2 Å². The maximum Gasteiger partial charge on any atom is 0.174 e. The van der Waals surface area contributed by atoms with Crippen molar-refractivity contribution in [3.8, 4) is 5.75 Å². The average Bonchev–Trinajstić information content (AvgIpc) is 2.35. The molecule has 0 aliphatic heterocycles. The number of methoxy groups -OCH3 is 3. The summed E-state index contributed by atoms with van der Waals surface area (Å²) >= 11 is 0. The summed E-state index contributed by atoms with van der Waals surface area (Å²) in [6, 6.07) is 7.85. The third-order valence-corrected chi connectivity index (χ3v) is 2.45. The number of nitrogens with zero attached hydrogens (tertiary/aromatic N) is 1. The van der Waals surface area contributed by atoms with Crippen LogP contribution >= 0.6 is 0 Å². The summed E-state index contributed by atoms with van der Waals surface area (Å²) in [6.07, 6.45) is -0.241. The molecule has 0 spiro atoms. The van der Waals surface area contributed by atoms with Gasteiger partial charge in [0.25, 0.3) is 0 Å². The first-order valence-corrected chi connectivity index (χ1v) is 5.12. The average molecular weight is 225 g/mol. The Morgan fingerprint density at radius 1 is 1.12 bits per heavy atom. The van der Waals surface area contributed by atoms with Gasteiger partial charge in [-0.1, -0.05) is 12.1 Å². The molecule has 1 rings (SSSR count). The molecule has 4 nitrogen and oxygen atoms in total. The van der Waals surface area contributed by atoms with Gasteiger partial charge in [0, 0.05) is 21.3 Å². The molecule has 90 valence electrons. The monoisotopic (exact) mass is 225 g/mol. The van der Waals surface area contributed by atoms with E-state index in [0.717, 1.165) is 11.4 Å². The van der Waals surface area contributed by atoms with Gasteiger partial charge in [0.15, 0.2) is 6.29 Å². The van der Waals surface area contributed by atoms with E-state index in [1.165, 1.54) is 0 Å². The lowest BCUT2D eigenvalue weighted by Crippen LogP contribution is -2.31. The van der Waals surface area contributed by atoms with Gasteiger partial charge in [-0.25, -0.2) is 0 Å².